The average Bonchev–Trinajstić information content (AvgIpc) is 2.84. The van der Waals surface area contributed by atoms with Crippen molar-refractivity contribution < 1.29 is 22.7 Å². The van der Waals surface area contributed by atoms with E-state index in [2.05, 4.69) is 26.9 Å². The van der Waals surface area contributed by atoms with Gasteiger partial charge >= 0.3 is 0 Å². The number of hydrogen-bond donors (Lipinski definition) is 2. The zero-order valence-electron chi connectivity index (χ0n) is 19.2. The van der Waals surface area contributed by atoms with Crippen LogP contribution in [0.1, 0.15) is 43.0 Å². The van der Waals surface area contributed by atoms with Crippen LogP contribution in [0, 0.1) is 0 Å². The Labute approximate surface area is 199 Å². The molecule has 3 rings (SSSR count). The van der Waals surface area contributed by atoms with E-state index >= 15 is 0 Å². The molecular weight excluding hydrogens is 456 g/mol. The largest absolute Gasteiger partial charge is 0.493 e. The maximum absolute atomic E-state index is 12.8. The summed E-state index contributed by atoms with van der Waals surface area (Å²) in [6.45, 7) is 2.69. The van der Waals surface area contributed by atoms with Gasteiger partial charge in [0, 0.05) is 18.1 Å². The SMILES string of the molecule is CCCCCCOc1ccccc1C(=O)Nc1ccc(S(=O)(=O)Nc2nccnc2OC)cc1. The predicted molar refractivity (Wildman–Crippen MR) is 130 cm³/mol. The molecule has 0 aliphatic heterocycles. The molecule has 1 amide bonds. The molecule has 0 aliphatic rings. The number of aromatic nitrogens is 2. The molecule has 0 spiro atoms. The van der Waals surface area contributed by atoms with Crippen LogP contribution in [0.4, 0.5) is 11.5 Å². The van der Waals surface area contributed by atoms with Gasteiger partial charge in [0.25, 0.3) is 21.8 Å². The van der Waals surface area contributed by atoms with E-state index in [9.17, 15) is 13.2 Å². The number of rotatable bonds is 12. The minimum atomic E-state index is -3.93. The van der Waals surface area contributed by atoms with Crippen molar-refractivity contribution in [2.45, 2.75) is 37.5 Å². The van der Waals surface area contributed by atoms with Crippen molar-refractivity contribution in [3.63, 3.8) is 0 Å². The summed E-state index contributed by atoms with van der Waals surface area (Å²) in [6, 6.07) is 12.8. The highest BCUT2D eigenvalue weighted by Crippen LogP contribution is 2.24. The number of carbonyl (C=O) groups excluding carboxylic acids is 1. The monoisotopic (exact) mass is 484 g/mol. The molecule has 0 radical (unpaired) electrons. The molecule has 0 unspecified atom stereocenters. The molecule has 0 saturated heterocycles. The average molecular weight is 485 g/mol. The highest BCUT2D eigenvalue weighted by molar-refractivity contribution is 7.92. The summed E-state index contributed by atoms with van der Waals surface area (Å²) in [5.74, 6) is 0.204. The molecule has 9 nitrogen and oxygen atoms in total. The third-order valence-corrected chi connectivity index (χ3v) is 6.25. The fourth-order valence-corrected chi connectivity index (χ4v) is 4.14. The molecule has 34 heavy (non-hydrogen) atoms. The van der Waals surface area contributed by atoms with E-state index in [1.54, 1.807) is 18.2 Å². The first-order valence-corrected chi connectivity index (χ1v) is 12.4. The Morgan fingerprint density at radius 1 is 0.971 bits per heavy atom. The first kappa shape index (κ1) is 25.0. The molecule has 1 aromatic heterocycles. The summed E-state index contributed by atoms with van der Waals surface area (Å²) >= 11 is 0. The molecule has 0 fully saturated rings. The summed E-state index contributed by atoms with van der Waals surface area (Å²) in [7, 11) is -2.56. The minimum absolute atomic E-state index is 0.00554. The molecule has 0 bridgehead atoms. The van der Waals surface area contributed by atoms with Crippen LogP contribution < -0.4 is 19.5 Å². The molecule has 2 N–H and O–H groups in total. The molecule has 3 aromatic rings. The Morgan fingerprint density at radius 2 is 1.71 bits per heavy atom. The lowest BCUT2D eigenvalue weighted by Crippen LogP contribution is -2.16. The maximum atomic E-state index is 12.8. The lowest BCUT2D eigenvalue weighted by molar-refractivity contribution is 0.102. The Hall–Kier alpha value is -3.66. The highest BCUT2D eigenvalue weighted by atomic mass is 32.2. The number of para-hydroxylation sites is 1. The Balaban J connectivity index is 1.66. The molecule has 10 heteroatoms. The number of ether oxygens (including phenoxy) is 2. The number of nitrogens with one attached hydrogen (secondary N) is 2. The van der Waals surface area contributed by atoms with Crippen molar-refractivity contribution in [1.82, 2.24) is 9.97 Å². The van der Waals surface area contributed by atoms with Gasteiger partial charge < -0.3 is 14.8 Å². The van der Waals surface area contributed by atoms with Crippen LogP contribution in [0.2, 0.25) is 0 Å². The fourth-order valence-electron chi connectivity index (χ4n) is 3.14. The Bertz CT molecular complexity index is 1200. The normalized spacial score (nSPS) is 11.0. The van der Waals surface area contributed by atoms with Crippen LogP contribution in [0.25, 0.3) is 0 Å². The molecule has 180 valence electrons. The van der Waals surface area contributed by atoms with Crippen molar-refractivity contribution in [2.75, 3.05) is 23.8 Å². The van der Waals surface area contributed by atoms with Gasteiger partial charge in [0.1, 0.15) is 5.75 Å². The first-order chi connectivity index (χ1) is 16.4. The van der Waals surface area contributed by atoms with Crippen molar-refractivity contribution in [1.29, 1.82) is 0 Å². The zero-order valence-corrected chi connectivity index (χ0v) is 20.0. The number of nitrogens with zero attached hydrogens (tertiary/aromatic N) is 2. The van der Waals surface area contributed by atoms with Crippen LogP contribution in [0.5, 0.6) is 11.6 Å². The summed E-state index contributed by atoms with van der Waals surface area (Å²) in [5, 5.41) is 2.78. The number of unbranched alkanes of at least 4 members (excludes halogenated alkanes) is 3. The lowest BCUT2D eigenvalue weighted by Gasteiger charge is -2.12. The summed E-state index contributed by atoms with van der Waals surface area (Å²) < 4.78 is 38.6. The van der Waals surface area contributed by atoms with Gasteiger partial charge in [-0.3, -0.25) is 9.52 Å². The van der Waals surface area contributed by atoms with Gasteiger partial charge in [0.05, 0.1) is 24.2 Å². The van der Waals surface area contributed by atoms with Gasteiger partial charge in [-0.2, -0.15) is 0 Å². The number of sulfonamides is 1. The Kier molecular flexibility index (Phi) is 8.80. The standard InChI is InChI=1S/C24H28N4O5S/c1-3-4-5-8-17-33-21-10-7-6-9-20(21)23(29)27-18-11-13-19(14-12-18)34(30,31)28-22-24(32-2)26-16-15-25-22/h6-7,9-16H,3-5,8,17H2,1-2H3,(H,25,28)(H,27,29). The molecule has 0 saturated carbocycles. The van der Waals surface area contributed by atoms with E-state index in [1.165, 1.54) is 43.8 Å². The summed E-state index contributed by atoms with van der Waals surface area (Å²) in [6.07, 6.45) is 7.05. The second-order valence-corrected chi connectivity index (χ2v) is 9.09. The minimum Gasteiger partial charge on any atom is -0.493 e. The van der Waals surface area contributed by atoms with E-state index in [4.69, 9.17) is 9.47 Å². The third-order valence-electron chi connectivity index (χ3n) is 4.90. The molecule has 0 aliphatic carbocycles. The van der Waals surface area contributed by atoms with Crippen molar-refractivity contribution >= 4 is 27.4 Å². The van der Waals surface area contributed by atoms with Gasteiger partial charge in [-0.1, -0.05) is 38.3 Å². The maximum Gasteiger partial charge on any atom is 0.263 e. The van der Waals surface area contributed by atoms with E-state index in [0.717, 1.165) is 25.7 Å². The number of hydrogen-bond acceptors (Lipinski definition) is 7. The number of benzene rings is 2. The quantitative estimate of drug-likeness (QED) is 0.363. The summed E-state index contributed by atoms with van der Waals surface area (Å²) in [5.41, 5.74) is 0.852. The van der Waals surface area contributed by atoms with Gasteiger partial charge in [-0.05, 0) is 42.8 Å². The fraction of sp³-hybridized carbons (Fsp3) is 0.292. The van der Waals surface area contributed by atoms with Gasteiger partial charge in [-0.25, -0.2) is 18.4 Å². The topological polar surface area (TPSA) is 120 Å². The van der Waals surface area contributed by atoms with E-state index < -0.39 is 10.0 Å². The van der Waals surface area contributed by atoms with Crippen LogP contribution in [0.3, 0.4) is 0 Å². The van der Waals surface area contributed by atoms with Gasteiger partial charge in [0.15, 0.2) is 0 Å². The number of amides is 1. The second-order valence-electron chi connectivity index (χ2n) is 7.40. The third kappa shape index (κ3) is 6.67. The van der Waals surface area contributed by atoms with Crippen molar-refractivity contribution in [3.8, 4) is 11.6 Å². The van der Waals surface area contributed by atoms with E-state index in [-0.39, 0.29) is 22.5 Å². The first-order valence-electron chi connectivity index (χ1n) is 11.0. The van der Waals surface area contributed by atoms with Gasteiger partial charge in [-0.15, -0.1) is 0 Å². The van der Waals surface area contributed by atoms with Crippen LogP contribution in [0.15, 0.2) is 65.8 Å². The van der Waals surface area contributed by atoms with Crippen LogP contribution in [-0.4, -0.2) is 38.0 Å². The van der Waals surface area contributed by atoms with E-state index in [0.29, 0.717) is 23.6 Å². The van der Waals surface area contributed by atoms with Crippen LogP contribution >= 0.6 is 0 Å². The number of anilines is 2. The smallest absolute Gasteiger partial charge is 0.263 e. The van der Waals surface area contributed by atoms with E-state index in [1.807, 2.05) is 6.07 Å². The molecule has 0 atom stereocenters. The van der Waals surface area contributed by atoms with Gasteiger partial charge in [0.2, 0.25) is 5.82 Å². The number of methoxy groups -OCH3 is 1. The molecule has 1 heterocycles. The highest BCUT2D eigenvalue weighted by Gasteiger charge is 2.19. The number of carbonyl (C=O) groups is 1. The van der Waals surface area contributed by atoms with Crippen molar-refractivity contribution in [2.24, 2.45) is 0 Å². The molecular formula is C24H28N4O5S. The molecule has 2 aromatic carbocycles. The lowest BCUT2D eigenvalue weighted by atomic mass is 10.1. The summed E-state index contributed by atoms with van der Waals surface area (Å²) in [4.78, 5) is 20.7. The second kappa shape index (κ2) is 12.0. The van der Waals surface area contributed by atoms with Crippen molar-refractivity contribution in [3.05, 3.63) is 66.5 Å². The zero-order chi connectivity index (χ0) is 24.4. The predicted octanol–water partition coefficient (Wildman–Crippen LogP) is 4.50. The van der Waals surface area contributed by atoms with Crippen LogP contribution in [-0.2, 0) is 10.0 Å². The Morgan fingerprint density at radius 3 is 2.44 bits per heavy atom.